The van der Waals surface area contributed by atoms with Crippen LogP contribution in [0.25, 0.3) is 11.3 Å². The maximum absolute atomic E-state index is 12.8. The van der Waals surface area contributed by atoms with E-state index < -0.39 is 11.9 Å². The van der Waals surface area contributed by atoms with Gasteiger partial charge in [0.15, 0.2) is 5.78 Å². The van der Waals surface area contributed by atoms with Crippen LogP contribution in [0.2, 0.25) is 10.0 Å². The number of furan rings is 1. The summed E-state index contributed by atoms with van der Waals surface area (Å²) in [6, 6.07) is 8.44. The maximum Gasteiger partial charge on any atom is 0.340 e. The molecule has 1 unspecified atom stereocenters. The van der Waals surface area contributed by atoms with Crippen molar-refractivity contribution in [2.75, 3.05) is 6.61 Å². The fourth-order valence-corrected chi connectivity index (χ4v) is 4.17. The van der Waals surface area contributed by atoms with Crippen LogP contribution in [0.5, 0.6) is 0 Å². The maximum atomic E-state index is 12.8. The minimum Gasteiger partial charge on any atom is -0.462 e. The first-order chi connectivity index (χ1) is 14.4. The number of carbonyl (C=O) groups excluding carboxylic acids is 2. The molecule has 2 aromatic rings. The van der Waals surface area contributed by atoms with E-state index in [0.29, 0.717) is 57.7 Å². The van der Waals surface area contributed by atoms with Crippen LogP contribution < -0.4 is 5.73 Å². The van der Waals surface area contributed by atoms with E-state index in [-0.39, 0.29) is 23.8 Å². The molecular weight excluding hydrogens is 429 g/mol. The molecule has 1 aliphatic carbocycles. The van der Waals surface area contributed by atoms with Crippen LogP contribution in [0.15, 0.2) is 57.5 Å². The molecular formula is C22H19Cl2NO5. The van der Waals surface area contributed by atoms with Gasteiger partial charge in [0.25, 0.3) is 0 Å². The van der Waals surface area contributed by atoms with Gasteiger partial charge in [-0.15, -0.1) is 0 Å². The number of ether oxygens (including phenoxy) is 2. The summed E-state index contributed by atoms with van der Waals surface area (Å²) in [6.45, 7) is 1.85. The molecule has 2 aliphatic rings. The lowest BCUT2D eigenvalue weighted by Crippen LogP contribution is -2.31. The van der Waals surface area contributed by atoms with Crippen LogP contribution in [-0.2, 0) is 19.1 Å². The summed E-state index contributed by atoms with van der Waals surface area (Å²) >= 11 is 12.4. The predicted molar refractivity (Wildman–Crippen MR) is 112 cm³/mol. The van der Waals surface area contributed by atoms with E-state index in [1.807, 2.05) is 0 Å². The number of hydrogen-bond donors (Lipinski definition) is 1. The Morgan fingerprint density at radius 2 is 2.03 bits per heavy atom. The van der Waals surface area contributed by atoms with E-state index in [9.17, 15) is 9.59 Å². The Hall–Kier alpha value is -2.70. The smallest absolute Gasteiger partial charge is 0.340 e. The van der Waals surface area contributed by atoms with Crippen molar-refractivity contribution in [1.82, 2.24) is 0 Å². The van der Waals surface area contributed by atoms with Crippen molar-refractivity contribution in [3.63, 3.8) is 0 Å². The standard InChI is InChI=1S/C22H19Cl2NO5/c1-2-28-22(27)20-19(18-14(26)4-3-5-16(18)30-21(20)25)17-9-8-15(29-17)12-10-11(23)6-7-13(12)24/h6-10,19H,2-5,25H2,1H3. The van der Waals surface area contributed by atoms with Gasteiger partial charge >= 0.3 is 5.97 Å². The Labute approximate surface area is 183 Å². The van der Waals surface area contributed by atoms with Crippen LogP contribution in [0.3, 0.4) is 0 Å². The molecule has 4 rings (SSSR count). The summed E-state index contributed by atoms with van der Waals surface area (Å²) in [5.41, 5.74) is 7.13. The lowest BCUT2D eigenvalue weighted by Gasteiger charge is -2.31. The molecule has 0 fully saturated rings. The molecule has 2 heterocycles. The zero-order valence-electron chi connectivity index (χ0n) is 16.2. The zero-order valence-corrected chi connectivity index (χ0v) is 17.7. The van der Waals surface area contributed by atoms with Crippen molar-refractivity contribution in [2.45, 2.75) is 32.1 Å². The Kier molecular flexibility index (Phi) is 5.62. The fraction of sp³-hybridized carbons (Fsp3) is 0.273. The molecule has 30 heavy (non-hydrogen) atoms. The lowest BCUT2D eigenvalue weighted by molar-refractivity contribution is -0.139. The topological polar surface area (TPSA) is 91.8 Å². The van der Waals surface area contributed by atoms with E-state index in [1.54, 1.807) is 37.3 Å². The van der Waals surface area contributed by atoms with Crippen molar-refractivity contribution in [2.24, 2.45) is 5.73 Å². The van der Waals surface area contributed by atoms with Crippen LogP contribution in [0.1, 0.15) is 37.9 Å². The highest BCUT2D eigenvalue weighted by Gasteiger charge is 2.42. The molecule has 1 aliphatic heterocycles. The third-order valence-corrected chi connectivity index (χ3v) is 5.65. The first-order valence-corrected chi connectivity index (χ1v) is 10.3. The average Bonchev–Trinajstić information content (AvgIpc) is 3.18. The Balaban J connectivity index is 1.84. The second-order valence-electron chi connectivity index (χ2n) is 6.97. The SMILES string of the molecule is CCOC(=O)C1=C(N)OC2=C(C(=O)CCC2)C1c1ccc(-c2cc(Cl)ccc2Cl)o1. The second-order valence-corrected chi connectivity index (χ2v) is 7.82. The van der Waals surface area contributed by atoms with Gasteiger partial charge < -0.3 is 19.6 Å². The van der Waals surface area contributed by atoms with Gasteiger partial charge in [-0.2, -0.15) is 0 Å². The molecule has 1 aromatic carbocycles. The van der Waals surface area contributed by atoms with Gasteiger partial charge in [-0.3, -0.25) is 4.79 Å². The molecule has 156 valence electrons. The summed E-state index contributed by atoms with van der Waals surface area (Å²) in [5, 5.41) is 0.962. The Bertz CT molecular complexity index is 1100. The molecule has 1 atom stereocenters. The molecule has 0 radical (unpaired) electrons. The van der Waals surface area contributed by atoms with E-state index in [2.05, 4.69) is 0 Å². The Morgan fingerprint density at radius 3 is 2.80 bits per heavy atom. The van der Waals surface area contributed by atoms with Crippen LogP contribution in [0.4, 0.5) is 0 Å². The first kappa shape index (κ1) is 20.6. The van der Waals surface area contributed by atoms with E-state index in [0.717, 1.165) is 0 Å². The second kappa shape index (κ2) is 8.20. The lowest BCUT2D eigenvalue weighted by atomic mass is 9.79. The van der Waals surface area contributed by atoms with Gasteiger partial charge in [0, 0.05) is 29.0 Å². The third kappa shape index (κ3) is 3.61. The minimum atomic E-state index is -0.813. The van der Waals surface area contributed by atoms with E-state index >= 15 is 0 Å². The van der Waals surface area contributed by atoms with Crippen molar-refractivity contribution < 1.29 is 23.5 Å². The largest absolute Gasteiger partial charge is 0.462 e. The van der Waals surface area contributed by atoms with Gasteiger partial charge in [-0.1, -0.05) is 23.2 Å². The molecule has 0 saturated carbocycles. The number of esters is 1. The van der Waals surface area contributed by atoms with Gasteiger partial charge in [-0.05, 0) is 43.7 Å². The van der Waals surface area contributed by atoms with Crippen LogP contribution in [-0.4, -0.2) is 18.4 Å². The zero-order chi connectivity index (χ0) is 21.4. The summed E-state index contributed by atoms with van der Waals surface area (Å²) in [4.78, 5) is 25.5. The molecule has 0 spiro atoms. The molecule has 0 amide bonds. The highest BCUT2D eigenvalue weighted by Crippen LogP contribution is 2.45. The van der Waals surface area contributed by atoms with E-state index in [1.165, 1.54) is 0 Å². The number of nitrogens with two attached hydrogens (primary N) is 1. The number of hydrogen-bond acceptors (Lipinski definition) is 6. The quantitative estimate of drug-likeness (QED) is 0.654. The van der Waals surface area contributed by atoms with Gasteiger partial charge in [0.2, 0.25) is 5.88 Å². The minimum absolute atomic E-state index is 0.0592. The predicted octanol–water partition coefficient (Wildman–Crippen LogP) is 5.11. The van der Waals surface area contributed by atoms with Crippen molar-refractivity contribution in [3.05, 3.63) is 68.9 Å². The number of rotatable bonds is 4. The third-order valence-electron chi connectivity index (χ3n) is 5.08. The molecule has 0 saturated heterocycles. The molecule has 8 heteroatoms. The monoisotopic (exact) mass is 447 g/mol. The van der Waals surface area contributed by atoms with Gasteiger partial charge in [0.05, 0.1) is 17.5 Å². The number of allylic oxidation sites excluding steroid dienone is 2. The summed E-state index contributed by atoms with van der Waals surface area (Å²) < 4.78 is 16.9. The Morgan fingerprint density at radius 1 is 1.23 bits per heavy atom. The van der Waals surface area contributed by atoms with Gasteiger partial charge in [0.1, 0.15) is 22.9 Å². The molecule has 0 bridgehead atoms. The summed E-state index contributed by atoms with van der Waals surface area (Å²) in [7, 11) is 0. The van der Waals surface area contributed by atoms with Crippen LogP contribution >= 0.6 is 23.2 Å². The average molecular weight is 448 g/mol. The van der Waals surface area contributed by atoms with Crippen molar-refractivity contribution in [1.29, 1.82) is 0 Å². The number of Topliss-reactive ketones (excluding diaryl/α,β-unsaturated/α-hetero) is 1. The van der Waals surface area contributed by atoms with E-state index in [4.69, 9.17) is 42.8 Å². The number of carbonyl (C=O) groups is 2. The molecule has 6 nitrogen and oxygen atoms in total. The van der Waals surface area contributed by atoms with Gasteiger partial charge in [-0.25, -0.2) is 4.79 Å². The fourth-order valence-electron chi connectivity index (χ4n) is 3.79. The highest BCUT2D eigenvalue weighted by molar-refractivity contribution is 6.35. The number of halogens is 2. The molecule has 1 aromatic heterocycles. The number of benzene rings is 1. The highest BCUT2D eigenvalue weighted by atomic mass is 35.5. The molecule has 2 N–H and O–H groups in total. The normalized spacial score (nSPS) is 18.9. The van der Waals surface area contributed by atoms with Crippen molar-refractivity contribution >= 4 is 35.0 Å². The van der Waals surface area contributed by atoms with Crippen LogP contribution in [0, 0.1) is 0 Å². The summed E-state index contributed by atoms with van der Waals surface area (Å²) in [5.74, 6) is -0.342. The number of ketones is 1. The first-order valence-electron chi connectivity index (χ1n) is 9.56. The summed E-state index contributed by atoms with van der Waals surface area (Å²) in [6.07, 6.45) is 1.58. The van der Waals surface area contributed by atoms with Crippen molar-refractivity contribution in [3.8, 4) is 11.3 Å².